The highest BCUT2D eigenvalue weighted by molar-refractivity contribution is 5.78. The highest BCUT2D eigenvalue weighted by Gasteiger charge is 2.41. The maximum atomic E-state index is 12.9. The fourth-order valence-electron chi connectivity index (χ4n) is 3.64. The number of nitrogens with zero attached hydrogens (tertiary/aromatic N) is 3. The SMILES string of the molecule is CN(C)C[C@@H]1OC[C@H]2CN(C(=O)Cc3ccc(F)cn3)CC[C@H]21. The molecule has 3 atom stereocenters. The number of carbonyl (C=O) groups is 1. The van der Waals surface area contributed by atoms with E-state index in [1.54, 1.807) is 6.07 Å². The molecule has 0 saturated carbocycles. The summed E-state index contributed by atoms with van der Waals surface area (Å²) in [5.74, 6) is 0.667. The zero-order chi connectivity index (χ0) is 16.4. The molecule has 0 spiro atoms. The number of carbonyl (C=O) groups excluding carboxylic acids is 1. The Balaban J connectivity index is 1.55. The van der Waals surface area contributed by atoms with E-state index in [0.717, 1.165) is 38.9 Å². The van der Waals surface area contributed by atoms with Crippen LogP contribution in [0.5, 0.6) is 0 Å². The quantitative estimate of drug-likeness (QED) is 0.836. The molecule has 2 fully saturated rings. The molecule has 0 radical (unpaired) electrons. The van der Waals surface area contributed by atoms with E-state index in [-0.39, 0.29) is 24.2 Å². The maximum Gasteiger partial charge on any atom is 0.228 e. The normalized spacial score (nSPS) is 27.3. The molecular formula is C17H24FN3O2. The molecule has 2 aliphatic rings. The van der Waals surface area contributed by atoms with Gasteiger partial charge >= 0.3 is 0 Å². The van der Waals surface area contributed by atoms with Crippen molar-refractivity contribution in [2.45, 2.75) is 18.9 Å². The van der Waals surface area contributed by atoms with E-state index in [9.17, 15) is 9.18 Å². The van der Waals surface area contributed by atoms with Crippen molar-refractivity contribution in [2.75, 3.05) is 40.3 Å². The van der Waals surface area contributed by atoms with Gasteiger partial charge in [0.2, 0.25) is 5.91 Å². The van der Waals surface area contributed by atoms with E-state index in [4.69, 9.17) is 4.74 Å². The van der Waals surface area contributed by atoms with Crippen molar-refractivity contribution in [1.29, 1.82) is 0 Å². The molecule has 3 heterocycles. The lowest BCUT2D eigenvalue weighted by atomic mass is 9.84. The van der Waals surface area contributed by atoms with Crippen LogP contribution in [0.25, 0.3) is 0 Å². The second kappa shape index (κ2) is 6.93. The molecule has 126 valence electrons. The van der Waals surface area contributed by atoms with Crippen LogP contribution in [0.4, 0.5) is 4.39 Å². The Morgan fingerprint density at radius 1 is 1.48 bits per heavy atom. The minimum Gasteiger partial charge on any atom is -0.376 e. The van der Waals surface area contributed by atoms with Crippen LogP contribution in [0.3, 0.4) is 0 Å². The fraction of sp³-hybridized carbons (Fsp3) is 0.647. The van der Waals surface area contributed by atoms with Gasteiger partial charge in [-0.3, -0.25) is 9.78 Å². The van der Waals surface area contributed by atoms with Crippen molar-refractivity contribution in [1.82, 2.24) is 14.8 Å². The lowest BCUT2D eigenvalue weighted by Crippen LogP contribution is -2.46. The zero-order valence-electron chi connectivity index (χ0n) is 13.7. The molecule has 6 heteroatoms. The summed E-state index contributed by atoms with van der Waals surface area (Å²) in [4.78, 5) is 20.5. The van der Waals surface area contributed by atoms with Crippen LogP contribution < -0.4 is 0 Å². The second-order valence-corrected chi connectivity index (χ2v) is 6.83. The van der Waals surface area contributed by atoms with Gasteiger partial charge in [-0.05, 0) is 38.6 Å². The van der Waals surface area contributed by atoms with Gasteiger partial charge < -0.3 is 14.5 Å². The van der Waals surface area contributed by atoms with E-state index >= 15 is 0 Å². The molecule has 1 aromatic rings. The molecule has 1 aromatic heterocycles. The summed E-state index contributed by atoms with van der Waals surface area (Å²) in [5.41, 5.74) is 0.617. The Morgan fingerprint density at radius 3 is 3.00 bits per heavy atom. The summed E-state index contributed by atoms with van der Waals surface area (Å²) >= 11 is 0. The summed E-state index contributed by atoms with van der Waals surface area (Å²) in [6.07, 6.45) is 2.67. The summed E-state index contributed by atoms with van der Waals surface area (Å²) in [6.45, 7) is 3.21. The number of aromatic nitrogens is 1. The van der Waals surface area contributed by atoms with E-state index in [1.165, 1.54) is 6.07 Å². The van der Waals surface area contributed by atoms with Gasteiger partial charge in [-0.15, -0.1) is 0 Å². The van der Waals surface area contributed by atoms with E-state index in [1.807, 2.05) is 4.90 Å². The highest BCUT2D eigenvalue weighted by Crippen LogP contribution is 2.34. The average Bonchev–Trinajstić information content (AvgIpc) is 2.91. The molecular weight excluding hydrogens is 297 g/mol. The monoisotopic (exact) mass is 321 g/mol. The predicted octanol–water partition coefficient (Wildman–Crippen LogP) is 1.19. The summed E-state index contributed by atoms with van der Waals surface area (Å²) in [5, 5.41) is 0. The second-order valence-electron chi connectivity index (χ2n) is 6.83. The van der Waals surface area contributed by atoms with Gasteiger partial charge in [0.15, 0.2) is 0 Å². The van der Waals surface area contributed by atoms with Crippen LogP contribution in [0, 0.1) is 17.7 Å². The van der Waals surface area contributed by atoms with Crippen molar-refractivity contribution in [2.24, 2.45) is 11.8 Å². The Kier molecular flexibility index (Phi) is 4.92. The van der Waals surface area contributed by atoms with Gasteiger partial charge in [0.1, 0.15) is 5.82 Å². The maximum absolute atomic E-state index is 12.9. The zero-order valence-corrected chi connectivity index (χ0v) is 13.7. The summed E-state index contributed by atoms with van der Waals surface area (Å²) in [7, 11) is 4.12. The molecule has 3 rings (SSSR count). The van der Waals surface area contributed by atoms with Crippen molar-refractivity contribution in [3.63, 3.8) is 0 Å². The highest BCUT2D eigenvalue weighted by atomic mass is 19.1. The molecule has 2 saturated heterocycles. The third-order valence-corrected chi connectivity index (χ3v) is 4.81. The van der Waals surface area contributed by atoms with E-state index < -0.39 is 0 Å². The summed E-state index contributed by atoms with van der Waals surface area (Å²) < 4.78 is 18.8. The topological polar surface area (TPSA) is 45.7 Å². The molecule has 0 aromatic carbocycles. The first-order valence-electron chi connectivity index (χ1n) is 8.17. The number of fused-ring (bicyclic) bond motifs is 1. The molecule has 0 bridgehead atoms. The first-order chi connectivity index (χ1) is 11.0. The van der Waals surface area contributed by atoms with Gasteiger partial charge in [-0.25, -0.2) is 4.39 Å². The molecule has 0 N–H and O–H groups in total. The first kappa shape index (κ1) is 16.3. The molecule has 2 aliphatic heterocycles. The van der Waals surface area contributed by atoms with Gasteiger partial charge in [-0.1, -0.05) is 0 Å². The smallest absolute Gasteiger partial charge is 0.228 e. The number of amides is 1. The minimum absolute atomic E-state index is 0.0682. The summed E-state index contributed by atoms with van der Waals surface area (Å²) in [6, 6.07) is 2.92. The van der Waals surface area contributed by atoms with Crippen molar-refractivity contribution < 1.29 is 13.9 Å². The molecule has 0 unspecified atom stereocenters. The number of likely N-dealkylation sites (tertiary alicyclic amines) is 1. The molecule has 23 heavy (non-hydrogen) atoms. The Morgan fingerprint density at radius 2 is 2.30 bits per heavy atom. The number of rotatable bonds is 4. The number of hydrogen-bond donors (Lipinski definition) is 0. The van der Waals surface area contributed by atoms with E-state index in [2.05, 4.69) is 24.0 Å². The van der Waals surface area contributed by atoms with Crippen LogP contribution >= 0.6 is 0 Å². The van der Waals surface area contributed by atoms with Crippen LogP contribution in [0.1, 0.15) is 12.1 Å². The predicted molar refractivity (Wildman–Crippen MR) is 84.4 cm³/mol. The number of halogens is 1. The number of ether oxygens (including phenoxy) is 1. The van der Waals surface area contributed by atoms with Crippen molar-refractivity contribution in [3.8, 4) is 0 Å². The van der Waals surface area contributed by atoms with Crippen LogP contribution in [0.15, 0.2) is 18.3 Å². The standard InChI is InChI=1S/C17H24FN3O2/c1-20(2)10-16-15-5-6-21(9-12(15)11-23-16)17(22)7-14-4-3-13(18)8-19-14/h3-4,8,12,15-16H,5-7,9-11H2,1-2H3/t12-,15-,16+/m1/s1. The third-order valence-electron chi connectivity index (χ3n) is 4.81. The fourth-order valence-corrected chi connectivity index (χ4v) is 3.64. The lowest BCUT2D eigenvalue weighted by Gasteiger charge is -2.36. The molecule has 5 nitrogen and oxygen atoms in total. The Labute approximate surface area is 136 Å². The Hall–Kier alpha value is -1.53. The van der Waals surface area contributed by atoms with Crippen LogP contribution in [0.2, 0.25) is 0 Å². The minimum atomic E-state index is -0.378. The number of piperidine rings is 1. The average molecular weight is 321 g/mol. The largest absolute Gasteiger partial charge is 0.376 e. The first-order valence-corrected chi connectivity index (χ1v) is 8.17. The van der Waals surface area contributed by atoms with Crippen molar-refractivity contribution in [3.05, 3.63) is 29.8 Å². The lowest BCUT2D eigenvalue weighted by molar-refractivity contribution is -0.132. The van der Waals surface area contributed by atoms with Crippen LogP contribution in [-0.4, -0.2) is 67.1 Å². The third kappa shape index (κ3) is 3.87. The van der Waals surface area contributed by atoms with Crippen LogP contribution in [-0.2, 0) is 16.0 Å². The number of likely N-dealkylation sites (N-methyl/N-ethyl adjacent to an activating group) is 1. The van der Waals surface area contributed by atoms with E-state index in [0.29, 0.717) is 17.5 Å². The molecule has 1 amide bonds. The van der Waals surface area contributed by atoms with Crippen molar-refractivity contribution >= 4 is 5.91 Å². The number of hydrogen-bond acceptors (Lipinski definition) is 4. The van der Waals surface area contributed by atoms with Gasteiger partial charge in [-0.2, -0.15) is 0 Å². The number of pyridine rings is 1. The van der Waals surface area contributed by atoms with Gasteiger partial charge in [0.05, 0.1) is 25.3 Å². The Bertz CT molecular complexity index is 549. The van der Waals surface area contributed by atoms with Gasteiger partial charge in [0.25, 0.3) is 0 Å². The molecule has 0 aliphatic carbocycles. The van der Waals surface area contributed by atoms with Gasteiger partial charge in [0, 0.05) is 31.2 Å².